The zero-order chi connectivity index (χ0) is 14.8. The number of ether oxygens (including phenoxy) is 2. The molecule has 3 nitrogen and oxygen atoms in total. The van der Waals surface area contributed by atoms with Crippen LogP contribution in [0.25, 0.3) is 0 Å². The summed E-state index contributed by atoms with van der Waals surface area (Å²) < 4.78 is 11.3. The number of hydrogen-bond acceptors (Lipinski definition) is 3. The maximum atomic E-state index is 6.37. The molecule has 20 heavy (non-hydrogen) atoms. The Labute approximate surface area is 122 Å². The zero-order valence-corrected chi connectivity index (χ0v) is 13.1. The number of benzene rings is 1. The van der Waals surface area contributed by atoms with Gasteiger partial charge in [-0.25, -0.2) is 0 Å². The third-order valence-corrected chi connectivity index (χ3v) is 3.99. The lowest BCUT2D eigenvalue weighted by molar-refractivity contribution is 0.0127. The number of aryl methyl sites for hydroxylation is 1. The van der Waals surface area contributed by atoms with E-state index >= 15 is 0 Å². The van der Waals surface area contributed by atoms with Crippen LogP contribution in [0.5, 0.6) is 5.75 Å². The summed E-state index contributed by atoms with van der Waals surface area (Å²) in [5, 5.41) is 0. The molecule has 1 aromatic rings. The summed E-state index contributed by atoms with van der Waals surface area (Å²) in [6.07, 6.45) is 3.20. The van der Waals surface area contributed by atoms with Gasteiger partial charge in [-0.05, 0) is 47.9 Å². The van der Waals surface area contributed by atoms with Crippen LogP contribution < -0.4 is 10.5 Å². The number of fused-ring (bicyclic) bond motifs is 1. The second-order valence-electron chi connectivity index (χ2n) is 6.85. The lowest BCUT2D eigenvalue weighted by Gasteiger charge is -2.32. The van der Waals surface area contributed by atoms with Crippen molar-refractivity contribution in [3.63, 3.8) is 0 Å². The number of hydrogen-bond donors (Lipinski definition) is 1. The van der Waals surface area contributed by atoms with Crippen molar-refractivity contribution in [2.24, 2.45) is 11.1 Å². The van der Waals surface area contributed by atoms with E-state index in [4.69, 9.17) is 15.2 Å². The second kappa shape index (κ2) is 6.15. The molecule has 0 fully saturated rings. The van der Waals surface area contributed by atoms with Gasteiger partial charge in [0.25, 0.3) is 0 Å². The Bertz CT molecular complexity index is 451. The van der Waals surface area contributed by atoms with Crippen LogP contribution >= 0.6 is 0 Å². The summed E-state index contributed by atoms with van der Waals surface area (Å²) in [7, 11) is 1.70. The van der Waals surface area contributed by atoms with Crippen LogP contribution in [0.4, 0.5) is 0 Å². The lowest BCUT2D eigenvalue weighted by Crippen LogP contribution is -2.34. The molecule has 2 rings (SSSR count). The van der Waals surface area contributed by atoms with Gasteiger partial charge in [0, 0.05) is 6.61 Å². The van der Waals surface area contributed by atoms with E-state index in [0.29, 0.717) is 5.41 Å². The highest BCUT2D eigenvalue weighted by atomic mass is 16.5. The highest BCUT2D eigenvalue weighted by Gasteiger charge is 2.27. The van der Waals surface area contributed by atoms with Crippen LogP contribution in [0.3, 0.4) is 0 Å². The van der Waals surface area contributed by atoms with Crippen molar-refractivity contribution in [2.75, 3.05) is 13.7 Å². The molecule has 0 saturated carbocycles. The van der Waals surface area contributed by atoms with Crippen molar-refractivity contribution in [1.82, 2.24) is 0 Å². The Balaban J connectivity index is 1.99. The summed E-state index contributed by atoms with van der Waals surface area (Å²) in [5.74, 6) is 0.906. The molecule has 0 spiro atoms. The van der Waals surface area contributed by atoms with Crippen molar-refractivity contribution in [3.8, 4) is 5.75 Å². The van der Waals surface area contributed by atoms with Crippen LogP contribution in [0.15, 0.2) is 18.2 Å². The van der Waals surface area contributed by atoms with Gasteiger partial charge in [0.15, 0.2) is 0 Å². The standard InChI is InChI=1S/C17H27NO2/c1-17(2,3)9-10-20-15-8-5-12-11-13(19-4)6-7-14(12)16(15)18/h6-7,11,15-16H,5,8-10,18H2,1-4H3. The first-order chi connectivity index (χ1) is 9.40. The molecular formula is C17H27NO2. The summed E-state index contributed by atoms with van der Waals surface area (Å²) >= 11 is 0. The molecule has 0 aromatic heterocycles. The molecule has 2 N–H and O–H groups in total. The van der Waals surface area contributed by atoms with Crippen molar-refractivity contribution < 1.29 is 9.47 Å². The molecule has 112 valence electrons. The molecule has 0 amide bonds. The fourth-order valence-electron chi connectivity index (χ4n) is 2.63. The van der Waals surface area contributed by atoms with Crippen LogP contribution in [-0.4, -0.2) is 19.8 Å². The van der Waals surface area contributed by atoms with Gasteiger partial charge in [-0.1, -0.05) is 26.8 Å². The lowest BCUT2D eigenvalue weighted by atomic mass is 9.85. The maximum absolute atomic E-state index is 6.37. The molecule has 1 aliphatic rings. The molecular weight excluding hydrogens is 250 g/mol. The molecule has 0 radical (unpaired) electrons. The van der Waals surface area contributed by atoms with Crippen LogP contribution in [0.1, 0.15) is 50.8 Å². The first kappa shape index (κ1) is 15.3. The zero-order valence-electron chi connectivity index (χ0n) is 13.1. The average Bonchev–Trinajstić information content (AvgIpc) is 2.39. The largest absolute Gasteiger partial charge is 0.497 e. The van der Waals surface area contributed by atoms with Gasteiger partial charge in [0.05, 0.1) is 19.3 Å². The minimum atomic E-state index is -0.0235. The molecule has 2 atom stereocenters. The molecule has 1 aromatic carbocycles. The molecule has 2 unspecified atom stereocenters. The van der Waals surface area contributed by atoms with E-state index < -0.39 is 0 Å². The highest BCUT2D eigenvalue weighted by Crippen LogP contribution is 2.33. The topological polar surface area (TPSA) is 44.5 Å². The van der Waals surface area contributed by atoms with Gasteiger partial charge in [0.1, 0.15) is 5.75 Å². The molecule has 0 saturated heterocycles. The Morgan fingerprint density at radius 2 is 2.05 bits per heavy atom. The fourth-order valence-corrected chi connectivity index (χ4v) is 2.63. The summed E-state index contributed by atoms with van der Waals surface area (Å²) in [6.45, 7) is 7.49. The van der Waals surface area contributed by atoms with E-state index in [-0.39, 0.29) is 12.1 Å². The first-order valence-electron chi connectivity index (χ1n) is 7.45. The molecule has 0 bridgehead atoms. The third kappa shape index (κ3) is 3.74. The van der Waals surface area contributed by atoms with Crippen molar-refractivity contribution in [2.45, 2.75) is 52.2 Å². The Kier molecular flexibility index (Phi) is 4.71. The second-order valence-corrected chi connectivity index (χ2v) is 6.85. The number of methoxy groups -OCH3 is 1. The minimum absolute atomic E-state index is 0.0235. The van der Waals surface area contributed by atoms with Gasteiger partial charge < -0.3 is 15.2 Å². The van der Waals surface area contributed by atoms with E-state index in [9.17, 15) is 0 Å². The van der Waals surface area contributed by atoms with Gasteiger partial charge in [-0.2, -0.15) is 0 Å². The van der Waals surface area contributed by atoms with Crippen molar-refractivity contribution in [1.29, 1.82) is 0 Å². The smallest absolute Gasteiger partial charge is 0.119 e. The van der Waals surface area contributed by atoms with Gasteiger partial charge >= 0.3 is 0 Å². The number of rotatable bonds is 4. The molecule has 0 heterocycles. The van der Waals surface area contributed by atoms with E-state index in [2.05, 4.69) is 32.9 Å². The van der Waals surface area contributed by atoms with Crippen molar-refractivity contribution in [3.05, 3.63) is 29.3 Å². The molecule has 0 aliphatic heterocycles. The van der Waals surface area contributed by atoms with Gasteiger partial charge in [-0.15, -0.1) is 0 Å². The summed E-state index contributed by atoms with van der Waals surface area (Å²) in [5.41, 5.74) is 9.18. The van der Waals surface area contributed by atoms with Gasteiger partial charge in [0.2, 0.25) is 0 Å². The van der Waals surface area contributed by atoms with Crippen LogP contribution in [-0.2, 0) is 11.2 Å². The van der Waals surface area contributed by atoms with E-state index in [1.54, 1.807) is 7.11 Å². The van der Waals surface area contributed by atoms with Crippen molar-refractivity contribution >= 4 is 0 Å². The fraction of sp³-hybridized carbons (Fsp3) is 0.647. The normalized spacial score (nSPS) is 22.4. The van der Waals surface area contributed by atoms with E-state index in [1.807, 2.05) is 6.07 Å². The van der Waals surface area contributed by atoms with Crippen LogP contribution in [0.2, 0.25) is 0 Å². The summed E-state index contributed by atoms with van der Waals surface area (Å²) in [6, 6.07) is 6.14. The maximum Gasteiger partial charge on any atom is 0.119 e. The average molecular weight is 277 g/mol. The Hall–Kier alpha value is -1.06. The summed E-state index contributed by atoms with van der Waals surface area (Å²) in [4.78, 5) is 0. The predicted molar refractivity (Wildman–Crippen MR) is 82.1 cm³/mol. The van der Waals surface area contributed by atoms with E-state index in [1.165, 1.54) is 11.1 Å². The van der Waals surface area contributed by atoms with Gasteiger partial charge in [-0.3, -0.25) is 0 Å². The molecule has 3 heteroatoms. The predicted octanol–water partition coefficient (Wildman–Crippen LogP) is 3.46. The third-order valence-electron chi connectivity index (χ3n) is 3.99. The Morgan fingerprint density at radius 1 is 1.30 bits per heavy atom. The Morgan fingerprint density at radius 3 is 2.70 bits per heavy atom. The van der Waals surface area contributed by atoms with E-state index in [0.717, 1.165) is 31.6 Å². The molecule has 1 aliphatic carbocycles. The monoisotopic (exact) mass is 277 g/mol. The minimum Gasteiger partial charge on any atom is -0.497 e. The highest BCUT2D eigenvalue weighted by molar-refractivity contribution is 5.39. The van der Waals surface area contributed by atoms with Crippen LogP contribution in [0, 0.1) is 5.41 Å². The first-order valence-corrected chi connectivity index (χ1v) is 7.45. The SMILES string of the molecule is COc1ccc2c(c1)CCC(OCCC(C)(C)C)C2N. The number of nitrogens with two attached hydrogens (primary N) is 1. The quantitative estimate of drug-likeness (QED) is 0.916.